The van der Waals surface area contributed by atoms with Crippen LogP contribution in [-0.4, -0.2) is 39.5 Å². The number of carboxylic acid groups (broad SMARTS) is 2. The maximum absolute atomic E-state index is 11.3. The first-order valence-electron chi connectivity index (χ1n) is 5.76. The molecular weight excluding hydrogens is 280 g/mol. The summed E-state index contributed by atoms with van der Waals surface area (Å²) in [6, 6.07) is 4.51. The highest BCUT2D eigenvalue weighted by molar-refractivity contribution is 6.81. The lowest BCUT2D eigenvalue weighted by atomic mass is 10.1. The van der Waals surface area contributed by atoms with Crippen LogP contribution in [0.15, 0.2) is 18.2 Å². The standard InChI is InChI=1S/C12H17O5Si2/c1-18(17-19(2,3)4)9-7-5-6-8(11(13)14)10(9)12(15)16/h5-7H,1-4H3,(H,13,14)(H,15,16). The number of hydrogen-bond donors (Lipinski definition) is 2. The van der Waals surface area contributed by atoms with Gasteiger partial charge in [0, 0.05) is 0 Å². The first-order valence-corrected chi connectivity index (χ1v) is 11.1. The molecule has 7 heteroatoms. The zero-order valence-electron chi connectivity index (χ0n) is 11.4. The van der Waals surface area contributed by atoms with Crippen LogP contribution >= 0.6 is 0 Å². The van der Waals surface area contributed by atoms with E-state index in [4.69, 9.17) is 9.22 Å². The number of carboxylic acids is 2. The monoisotopic (exact) mass is 297 g/mol. The quantitative estimate of drug-likeness (QED) is 0.809. The zero-order valence-corrected chi connectivity index (χ0v) is 13.4. The third-order valence-electron chi connectivity index (χ3n) is 2.35. The molecule has 1 rings (SSSR count). The van der Waals surface area contributed by atoms with Gasteiger partial charge in [0.15, 0.2) is 8.32 Å². The van der Waals surface area contributed by atoms with Gasteiger partial charge in [-0.25, -0.2) is 9.59 Å². The van der Waals surface area contributed by atoms with E-state index in [0.29, 0.717) is 5.19 Å². The molecule has 0 aromatic heterocycles. The molecule has 0 saturated heterocycles. The molecule has 0 aliphatic heterocycles. The summed E-state index contributed by atoms with van der Waals surface area (Å²) in [4.78, 5) is 22.4. The average molecular weight is 297 g/mol. The first-order chi connectivity index (χ1) is 8.63. The van der Waals surface area contributed by atoms with Crippen molar-refractivity contribution in [3.63, 3.8) is 0 Å². The summed E-state index contributed by atoms with van der Waals surface area (Å²) in [6.07, 6.45) is 0. The zero-order chi connectivity index (χ0) is 14.8. The van der Waals surface area contributed by atoms with Gasteiger partial charge in [-0.15, -0.1) is 0 Å². The summed E-state index contributed by atoms with van der Waals surface area (Å²) >= 11 is 0. The van der Waals surface area contributed by atoms with Crippen molar-refractivity contribution >= 4 is 34.5 Å². The fourth-order valence-corrected chi connectivity index (χ4v) is 6.81. The largest absolute Gasteiger partial charge is 0.478 e. The Morgan fingerprint density at radius 3 is 2.16 bits per heavy atom. The summed E-state index contributed by atoms with van der Waals surface area (Å²) in [5.74, 6) is -2.46. The maximum Gasteiger partial charge on any atom is 0.336 e. The van der Waals surface area contributed by atoms with Gasteiger partial charge in [-0.05, 0) is 37.4 Å². The number of aromatic carboxylic acids is 2. The van der Waals surface area contributed by atoms with Crippen LogP contribution in [0.4, 0.5) is 0 Å². The van der Waals surface area contributed by atoms with Gasteiger partial charge in [0.25, 0.3) is 0 Å². The van der Waals surface area contributed by atoms with Crippen LogP contribution in [0.2, 0.25) is 26.2 Å². The number of benzene rings is 1. The van der Waals surface area contributed by atoms with Crippen LogP contribution in [0.25, 0.3) is 0 Å². The van der Waals surface area contributed by atoms with E-state index in [0.717, 1.165) is 0 Å². The van der Waals surface area contributed by atoms with Gasteiger partial charge >= 0.3 is 11.9 Å². The molecule has 1 aromatic carbocycles. The number of hydrogen-bond acceptors (Lipinski definition) is 3. The second-order valence-corrected chi connectivity index (χ2v) is 11.8. The summed E-state index contributed by atoms with van der Waals surface area (Å²) in [6.45, 7) is 7.89. The Bertz CT molecular complexity index is 507. The second-order valence-electron chi connectivity index (χ2n) is 5.11. The molecule has 1 radical (unpaired) electrons. The Morgan fingerprint density at radius 1 is 1.16 bits per heavy atom. The van der Waals surface area contributed by atoms with Crippen LogP contribution < -0.4 is 5.19 Å². The Morgan fingerprint density at radius 2 is 1.74 bits per heavy atom. The highest BCUT2D eigenvalue weighted by Gasteiger charge is 2.27. The third-order valence-corrected chi connectivity index (χ3v) is 7.20. The van der Waals surface area contributed by atoms with Crippen molar-refractivity contribution < 1.29 is 23.9 Å². The van der Waals surface area contributed by atoms with Gasteiger partial charge in [0.05, 0.1) is 11.1 Å². The summed E-state index contributed by atoms with van der Waals surface area (Å²) < 4.78 is 5.93. The predicted molar refractivity (Wildman–Crippen MR) is 76.0 cm³/mol. The molecule has 0 saturated carbocycles. The lowest BCUT2D eigenvalue weighted by Gasteiger charge is -2.23. The van der Waals surface area contributed by atoms with Gasteiger partial charge < -0.3 is 14.3 Å². The van der Waals surface area contributed by atoms with Gasteiger partial charge in [-0.3, -0.25) is 0 Å². The van der Waals surface area contributed by atoms with Gasteiger partial charge in [-0.1, -0.05) is 12.1 Å². The second kappa shape index (κ2) is 5.68. The Kier molecular flexibility index (Phi) is 4.67. The first kappa shape index (κ1) is 15.6. The molecule has 0 bridgehead atoms. The molecule has 0 aliphatic carbocycles. The van der Waals surface area contributed by atoms with Gasteiger partial charge in [0.2, 0.25) is 9.04 Å². The summed E-state index contributed by atoms with van der Waals surface area (Å²) in [7, 11) is -3.34. The van der Waals surface area contributed by atoms with Crippen molar-refractivity contribution in [3.05, 3.63) is 29.3 Å². The van der Waals surface area contributed by atoms with Crippen molar-refractivity contribution in [2.45, 2.75) is 26.2 Å². The Hall–Kier alpha value is -1.45. The van der Waals surface area contributed by atoms with Gasteiger partial charge in [0.1, 0.15) is 0 Å². The topological polar surface area (TPSA) is 83.8 Å². The highest BCUT2D eigenvalue weighted by atomic mass is 28.4. The van der Waals surface area contributed by atoms with E-state index >= 15 is 0 Å². The van der Waals surface area contributed by atoms with E-state index in [-0.39, 0.29) is 11.1 Å². The minimum Gasteiger partial charge on any atom is -0.478 e. The molecule has 1 aromatic rings. The van der Waals surface area contributed by atoms with E-state index in [2.05, 4.69) is 0 Å². The van der Waals surface area contributed by atoms with Crippen LogP contribution in [-0.2, 0) is 4.12 Å². The van der Waals surface area contributed by atoms with E-state index in [1.807, 2.05) is 26.2 Å². The highest BCUT2D eigenvalue weighted by Crippen LogP contribution is 2.11. The lowest BCUT2D eigenvalue weighted by Crippen LogP contribution is -2.43. The van der Waals surface area contributed by atoms with Gasteiger partial charge in [-0.2, -0.15) is 0 Å². The minimum absolute atomic E-state index is 0.148. The molecule has 0 spiro atoms. The van der Waals surface area contributed by atoms with E-state index in [1.165, 1.54) is 6.07 Å². The third kappa shape index (κ3) is 4.01. The van der Waals surface area contributed by atoms with Crippen molar-refractivity contribution in [3.8, 4) is 0 Å². The SMILES string of the molecule is C[Si](O[Si](C)(C)C)c1cccc(C(=O)O)c1C(=O)O. The molecule has 0 unspecified atom stereocenters. The number of carbonyl (C=O) groups is 2. The maximum atomic E-state index is 11.3. The molecule has 19 heavy (non-hydrogen) atoms. The van der Waals surface area contributed by atoms with Crippen molar-refractivity contribution in [1.29, 1.82) is 0 Å². The predicted octanol–water partition coefficient (Wildman–Crippen LogP) is 1.76. The van der Waals surface area contributed by atoms with Crippen LogP contribution in [0.1, 0.15) is 20.7 Å². The molecular formula is C12H17O5Si2. The molecule has 103 valence electrons. The Labute approximate surface area is 114 Å². The van der Waals surface area contributed by atoms with E-state index in [9.17, 15) is 14.7 Å². The van der Waals surface area contributed by atoms with Crippen molar-refractivity contribution in [1.82, 2.24) is 0 Å². The van der Waals surface area contributed by atoms with Crippen LogP contribution in [0.3, 0.4) is 0 Å². The molecule has 0 fully saturated rings. The average Bonchev–Trinajstić information content (AvgIpc) is 2.25. The van der Waals surface area contributed by atoms with Crippen molar-refractivity contribution in [2.75, 3.05) is 0 Å². The van der Waals surface area contributed by atoms with E-state index < -0.39 is 29.3 Å². The fourth-order valence-electron chi connectivity index (χ4n) is 1.77. The molecule has 5 nitrogen and oxygen atoms in total. The van der Waals surface area contributed by atoms with Crippen LogP contribution in [0, 0.1) is 0 Å². The minimum atomic E-state index is -1.80. The molecule has 0 atom stereocenters. The smallest absolute Gasteiger partial charge is 0.336 e. The molecule has 0 amide bonds. The Balaban J connectivity index is 3.31. The van der Waals surface area contributed by atoms with Crippen LogP contribution in [0.5, 0.6) is 0 Å². The van der Waals surface area contributed by atoms with Crippen molar-refractivity contribution in [2.24, 2.45) is 0 Å². The normalized spacial score (nSPS) is 11.6. The molecule has 0 heterocycles. The summed E-state index contributed by atoms with van der Waals surface area (Å²) in [5.41, 5.74) is -0.335. The summed E-state index contributed by atoms with van der Waals surface area (Å²) in [5, 5.41) is 18.8. The fraction of sp³-hybridized carbons (Fsp3) is 0.333. The molecule has 2 N–H and O–H groups in total. The lowest BCUT2D eigenvalue weighted by molar-refractivity contribution is 0.0652. The number of rotatable bonds is 5. The van der Waals surface area contributed by atoms with E-state index in [1.54, 1.807) is 12.1 Å². The molecule has 0 aliphatic rings.